The van der Waals surface area contributed by atoms with Crippen molar-refractivity contribution in [3.8, 4) is 12.1 Å². The Bertz CT molecular complexity index is 396. The van der Waals surface area contributed by atoms with Gasteiger partial charge in [0.2, 0.25) is 0 Å². The highest BCUT2D eigenvalue weighted by Gasteiger charge is 2.02. The molecule has 0 aliphatic rings. The van der Waals surface area contributed by atoms with E-state index in [-0.39, 0.29) is 5.57 Å². The van der Waals surface area contributed by atoms with E-state index < -0.39 is 17.5 Å². The zero-order chi connectivity index (χ0) is 13.1. The minimum Gasteiger partial charge on any atom is -0.477 e. The summed E-state index contributed by atoms with van der Waals surface area (Å²) in [6, 6.07) is 2.93. The maximum Gasteiger partial charge on any atom is 0.346 e. The first-order valence-electron chi connectivity index (χ1n) is 4.06. The number of hydrogen-bond donors (Lipinski definition) is 2. The molecule has 0 unspecified atom stereocenters. The summed E-state index contributed by atoms with van der Waals surface area (Å²) in [5.74, 6) is -2.41. The van der Waals surface area contributed by atoms with Crippen LogP contribution in [0.5, 0.6) is 0 Å². The molecule has 0 amide bonds. The molecule has 0 rings (SSSR count). The second kappa shape index (κ2) is 8.97. The third kappa shape index (κ3) is 8.02. The fourth-order valence-corrected chi connectivity index (χ4v) is 0.433. The van der Waals surface area contributed by atoms with Gasteiger partial charge in [-0.3, -0.25) is 0 Å². The van der Waals surface area contributed by atoms with Crippen molar-refractivity contribution in [2.24, 2.45) is 0 Å². The first kappa shape index (κ1) is 15.9. The molecule has 0 aromatic rings. The average molecular weight is 222 g/mol. The van der Waals surface area contributed by atoms with Crippen molar-refractivity contribution in [2.45, 2.75) is 13.3 Å². The molecule has 0 aliphatic heterocycles. The molecule has 0 atom stereocenters. The SMILES string of the molecule is C=C(C#N)C(=O)O.CCC=C(C#N)C(=O)O. The van der Waals surface area contributed by atoms with Gasteiger partial charge in [0.1, 0.15) is 23.3 Å². The van der Waals surface area contributed by atoms with Crippen LogP contribution in [0.2, 0.25) is 0 Å². The highest BCUT2D eigenvalue weighted by atomic mass is 16.4. The third-order valence-corrected chi connectivity index (χ3v) is 1.15. The van der Waals surface area contributed by atoms with E-state index in [0.29, 0.717) is 6.42 Å². The lowest BCUT2D eigenvalue weighted by atomic mass is 10.2. The molecule has 0 aromatic carbocycles. The van der Waals surface area contributed by atoms with Crippen LogP contribution in [-0.4, -0.2) is 22.2 Å². The van der Waals surface area contributed by atoms with Gasteiger partial charge in [0.05, 0.1) is 0 Å². The molecule has 0 radical (unpaired) electrons. The van der Waals surface area contributed by atoms with Crippen LogP contribution in [0.3, 0.4) is 0 Å². The second-order valence-electron chi connectivity index (χ2n) is 2.34. The fourth-order valence-electron chi connectivity index (χ4n) is 0.433. The number of hydrogen-bond acceptors (Lipinski definition) is 4. The van der Waals surface area contributed by atoms with Crippen molar-refractivity contribution in [1.29, 1.82) is 10.5 Å². The van der Waals surface area contributed by atoms with Crippen molar-refractivity contribution in [1.82, 2.24) is 0 Å². The molecular weight excluding hydrogens is 212 g/mol. The van der Waals surface area contributed by atoms with Crippen molar-refractivity contribution in [3.63, 3.8) is 0 Å². The molecule has 16 heavy (non-hydrogen) atoms. The number of carboxylic acid groups (broad SMARTS) is 2. The van der Waals surface area contributed by atoms with Gasteiger partial charge in [0.15, 0.2) is 0 Å². The smallest absolute Gasteiger partial charge is 0.346 e. The highest BCUT2D eigenvalue weighted by molar-refractivity contribution is 5.91. The second-order valence-corrected chi connectivity index (χ2v) is 2.34. The summed E-state index contributed by atoms with van der Waals surface area (Å²) in [5.41, 5.74) is -0.613. The maximum atomic E-state index is 10.0. The van der Waals surface area contributed by atoms with Crippen molar-refractivity contribution >= 4 is 11.9 Å². The minimum absolute atomic E-state index is 0.183. The predicted octanol–water partition coefficient (Wildman–Crippen LogP) is 1.08. The fraction of sp³-hybridized carbons (Fsp3) is 0.200. The Balaban J connectivity index is 0. The molecule has 6 nitrogen and oxygen atoms in total. The molecule has 0 bridgehead atoms. The lowest BCUT2D eigenvalue weighted by molar-refractivity contribution is -0.133. The Kier molecular flexibility index (Phi) is 8.89. The summed E-state index contributed by atoms with van der Waals surface area (Å²) < 4.78 is 0. The lowest BCUT2D eigenvalue weighted by Gasteiger charge is -1.84. The van der Waals surface area contributed by atoms with Gasteiger partial charge in [0.25, 0.3) is 0 Å². The van der Waals surface area contributed by atoms with E-state index in [4.69, 9.17) is 20.7 Å². The van der Waals surface area contributed by atoms with Crippen LogP contribution in [0.1, 0.15) is 13.3 Å². The van der Waals surface area contributed by atoms with Gasteiger partial charge in [-0.2, -0.15) is 10.5 Å². The molecule has 0 aromatic heterocycles. The molecule has 0 heterocycles. The molecule has 0 saturated carbocycles. The molecule has 0 spiro atoms. The van der Waals surface area contributed by atoms with Crippen LogP contribution in [0.4, 0.5) is 0 Å². The van der Waals surface area contributed by atoms with Gasteiger partial charge >= 0.3 is 11.9 Å². The number of allylic oxidation sites excluding steroid dienone is 1. The zero-order valence-electron chi connectivity index (χ0n) is 8.60. The van der Waals surface area contributed by atoms with E-state index in [1.54, 1.807) is 13.0 Å². The number of carbonyl (C=O) groups is 2. The summed E-state index contributed by atoms with van der Waals surface area (Å²) in [6.45, 7) is 4.69. The van der Waals surface area contributed by atoms with E-state index in [1.807, 2.05) is 0 Å². The molecular formula is C10H10N2O4. The minimum atomic E-state index is -1.26. The van der Waals surface area contributed by atoms with Gasteiger partial charge in [-0.15, -0.1) is 0 Å². The van der Waals surface area contributed by atoms with E-state index >= 15 is 0 Å². The number of nitrogens with zero attached hydrogens (tertiary/aromatic N) is 2. The highest BCUT2D eigenvalue weighted by Crippen LogP contribution is 1.93. The summed E-state index contributed by atoms with van der Waals surface area (Å²) in [4.78, 5) is 19.6. The van der Waals surface area contributed by atoms with Crippen LogP contribution in [0.15, 0.2) is 23.8 Å². The summed E-state index contributed by atoms with van der Waals surface area (Å²) >= 11 is 0. The first-order chi connectivity index (χ1) is 7.40. The average Bonchev–Trinajstić information content (AvgIpc) is 2.24. The summed E-state index contributed by atoms with van der Waals surface area (Å²) in [7, 11) is 0. The number of aliphatic carboxylic acids is 2. The molecule has 2 N–H and O–H groups in total. The van der Waals surface area contributed by atoms with Crippen molar-refractivity contribution in [2.75, 3.05) is 0 Å². The number of rotatable bonds is 3. The van der Waals surface area contributed by atoms with Crippen LogP contribution in [0.25, 0.3) is 0 Å². The topological polar surface area (TPSA) is 122 Å². The Morgan fingerprint density at radius 1 is 1.25 bits per heavy atom. The van der Waals surface area contributed by atoms with Gasteiger partial charge in [-0.1, -0.05) is 19.6 Å². The summed E-state index contributed by atoms with van der Waals surface area (Å²) in [6.07, 6.45) is 1.96. The molecule has 0 aliphatic carbocycles. The Labute approximate surface area is 92.3 Å². The summed E-state index contributed by atoms with van der Waals surface area (Å²) in [5, 5.41) is 32.0. The lowest BCUT2D eigenvalue weighted by Crippen LogP contribution is -1.96. The Hall–Kier alpha value is -2.60. The quantitative estimate of drug-likeness (QED) is 0.544. The maximum absolute atomic E-state index is 10.0. The van der Waals surface area contributed by atoms with Gasteiger partial charge in [-0.05, 0) is 6.42 Å². The van der Waals surface area contributed by atoms with Crippen LogP contribution < -0.4 is 0 Å². The van der Waals surface area contributed by atoms with Gasteiger partial charge in [0, 0.05) is 0 Å². The first-order valence-corrected chi connectivity index (χ1v) is 4.06. The monoisotopic (exact) mass is 222 g/mol. The number of carboxylic acids is 2. The van der Waals surface area contributed by atoms with Crippen molar-refractivity contribution < 1.29 is 19.8 Å². The van der Waals surface area contributed by atoms with E-state index in [1.165, 1.54) is 12.1 Å². The zero-order valence-corrected chi connectivity index (χ0v) is 8.60. The Morgan fingerprint density at radius 2 is 1.75 bits per heavy atom. The number of nitriles is 2. The molecule has 6 heteroatoms. The molecule has 0 fully saturated rings. The van der Waals surface area contributed by atoms with Gasteiger partial charge in [-0.25, -0.2) is 9.59 Å². The Morgan fingerprint density at radius 3 is 1.81 bits per heavy atom. The molecule has 84 valence electrons. The van der Waals surface area contributed by atoms with Gasteiger partial charge < -0.3 is 10.2 Å². The van der Waals surface area contributed by atoms with Crippen LogP contribution >= 0.6 is 0 Å². The van der Waals surface area contributed by atoms with Crippen LogP contribution in [-0.2, 0) is 9.59 Å². The normalized spacial score (nSPS) is 8.81. The molecule has 0 saturated heterocycles. The predicted molar refractivity (Wildman–Crippen MR) is 54.0 cm³/mol. The largest absolute Gasteiger partial charge is 0.477 e. The third-order valence-electron chi connectivity index (χ3n) is 1.15. The van der Waals surface area contributed by atoms with E-state index in [9.17, 15) is 9.59 Å². The van der Waals surface area contributed by atoms with Crippen molar-refractivity contribution in [3.05, 3.63) is 23.8 Å². The van der Waals surface area contributed by atoms with E-state index in [2.05, 4.69) is 6.58 Å². The van der Waals surface area contributed by atoms with E-state index in [0.717, 1.165) is 0 Å². The van der Waals surface area contributed by atoms with Crippen LogP contribution in [0, 0.1) is 22.7 Å². The standard InChI is InChI=1S/C6H7NO2.C4H3NO2/c1-2-3-5(4-7)6(8)9;1-3(2-5)4(6)7/h3H,2H2,1H3,(H,8,9);1H2,(H,6,7).